The molecule has 0 bridgehead atoms. The van der Waals surface area contributed by atoms with Crippen molar-refractivity contribution in [1.29, 1.82) is 0 Å². The minimum Gasteiger partial charge on any atom is -0.313 e. The van der Waals surface area contributed by atoms with Gasteiger partial charge in [0.1, 0.15) is 0 Å². The average Bonchev–Trinajstić information content (AvgIpc) is 2.07. The molecular formula is C14H32N2O2S. The fraction of sp³-hybridized carbons (Fsp3) is 1.00. The molecule has 0 amide bonds. The first-order chi connectivity index (χ1) is 8.25. The van der Waals surface area contributed by atoms with E-state index in [0.717, 1.165) is 6.42 Å². The molecule has 19 heavy (non-hydrogen) atoms. The van der Waals surface area contributed by atoms with Crippen molar-refractivity contribution < 1.29 is 8.42 Å². The third-order valence-electron chi connectivity index (χ3n) is 2.73. The van der Waals surface area contributed by atoms with Crippen LogP contribution in [0.15, 0.2) is 0 Å². The standard InChI is InChI=1S/C14H32N2O2S/c1-11(2)15-9-12(3)19(17,18)16-14(7,8)10-13(4,5)6/h11-12,15-16H,9-10H2,1-8H3. The summed E-state index contributed by atoms with van der Waals surface area (Å²) in [6, 6.07) is 0.292. The molecule has 5 heteroatoms. The lowest BCUT2D eigenvalue weighted by molar-refractivity contribution is 0.269. The molecule has 0 aliphatic heterocycles. The van der Waals surface area contributed by atoms with Crippen molar-refractivity contribution in [2.75, 3.05) is 6.54 Å². The van der Waals surface area contributed by atoms with Crippen LogP contribution in [0, 0.1) is 5.41 Å². The van der Waals surface area contributed by atoms with Gasteiger partial charge in [-0.3, -0.25) is 0 Å². The highest BCUT2D eigenvalue weighted by Crippen LogP contribution is 2.27. The maximum atomic E-state index is 12.3. The Balaban J connectivity index is 4.67. The van der Waals surface area contributed by atoms with Gasteiger partial charge < -0.3 is 5.32 Å². The first-order valence-corrected chi connectivity index (χ1v) is 8.56. The molecule has 0 fully saturated rings. The molecule has 0 aromatic rings. The molecule has 4 nitrogen and oxygen atoms in total. The molecule has 0 aliphatic carbocycles. The second-order valence-electron chi connectivity index (χ2n) is 7.64. The highest BCUT2D eigenvalue weighted by Gasteiger charge is 2.32. The van der Waals surface area contributed by atoms with Crippen LogP contribution in [0.25, 0.3) is 0 Å². The van der Waals surface area contributed by atoms with Crippen molar-refractivity contribution in [3.05, 3.63) is 0 Å². The lowest BCUT2D eigenvalue weighted by Gasteiger charge is -2.34. The van der Waals surface area contributed by atoms with Gasteiger partial charge >= 0.3 is 0 Å². The highest BCUT2D eigenvalue weighted by atomic mass is 32.2. The van der Waals surface area contributed by atoms with Crippen LogP contribution in [0.1, 0.15) is 61.8 Å². The maximum Gasteiger partial charge on any atom is 0.215 e. The van der Waals surface area contributed by atoms with Gasteiger partial charge in [0.05, 0.1) is 5.25 Å². The molecule has 0 saturated heterocycles. The molecule has 0 heterocycles. The maximum absolute atomic E-state index is 12.3. The third-order valence-corrected chi connectivity index (χ3v) is 4.80. The molecule has 0 radical (unpaired) electrons. The molecule has 0 saturated carbocycles. The van der Waals surface area contributed by atoms with Crippen molar-refractivity contribution >= 4 is 10.0 Å². The Hall–Kier alpha value is -0.130. The number of hydrogen-bond donors (Lipinski definition) is 2. The van der Waals surface area contributed by atoms with Crippen molar-refractivity contribution in [2.45, 2.75) is 78.6 Å². The number of nitrogens with one attached hydrogen (secondary N) is 2. The zero-order valence-corrected chi connectivity index (χ0v) is 14.6. The Morgan fingerprint density at radius 3 is 1.84 bits per heavy atom. The smallest absolute Gasteiger partial charge is 0.215 e. The van der Waals surface area contributed by atoms with Crippen LogP contribution in [0.3, 0.4) is 0 Å². The predicted octanol–water partition coefficient (Wildman–Crippen LogP) is 2.51. The van der Waals surface area contributed by atoms with Crippen LogP contribution in [-0.4, -0.2) is 31.8 Å². The van der Waals surface area contributed by atoms with E-state index in [2.05, 4.69) is 30.8 Å². The summed E-state index contributed by atoms with van der Waals surface area (Å²) in [5, 5.41) is 2.73. The molecule has 1 unspecified atom stereocenters. The van der Waals surface area contributed by atoms with E-state index in [1.807, 2.05) is 27.7 Å². The second-order valence-corrected chi connectivity index (χ2v) is 9.74. The molecule has 0 aliphatic rings. The number of sulfonamides is 1. The monoisotopic (exact) mass is 292 g/mol. The summed E-state index contributed by atoms with van der Waals surface area (Å²) in [7, 11) is -3.30. The van der Waals surface area contributed by atoms with Crippen molar-refractivity contribution in [2.24, 2.45) is 5.41 Å². The zero-order valence-electron chi connectivity index (χ0n) is 13.8. The zero-order chi connectivity index (χ0) is 15.5. The van der Waals surface area contributed by atoms with Crippen LogP contribution < -0.4 is 10.0 Å². The Bertz CT molecular complexity index is 367. The third kappa shape index (κ3) is 8.60. The normalized spacial score (nSPS) is 15.8. The average molecular weight is 292 g/mol. The van der Waals surface area contributed by atoms with Gasteiger partial charge in [0.25, 0.3) is 0 Å². The summed E-state index contributed by atoms with van der Waals surface area (Å²) >= 11 is 0. The van der Waals surface area contributed by atoms with E-state index < -0.39 is 20.8 Å². The first-order valence-electron chi connectivity index (χ1n) is 7.01. The molecule has 116 valence electrons. The minimum absolute atomic E-state index is 0.0887. The highest BCUT2D eigenvalue weighted by molar-refractivity contribution is 7.90. The Labute approximate surface area is 119 Å². The second kappa shape index (κ2) is 6.55. The van der Waals surface area contributed by atoms with Crippen LogP contribution in [0.2, 0.25) is 0 Å². The Kier molecular flexibility index (Phi) is 6.50. The quantitative estimate of drug-likeness (QED) is 0.758. The lowest BCUT2D eigenvalue weighted by Crippen LogP contribution is -2.50. The summed E-state index contributed by atoms with van der Waals surface area (Å²) in [6.07, 6.45) is 0.795. The van der Waals surface area contributed by atoms with Crippen LogP contribution in [0.4, 0.5) is 0 Å². The van der Waals surface area contributed by atoms with E-state index in [1.165, 1.54) is 0 Å². The van der Waals surface area contributed by atoms with Crippen molar-refractivity contribution in [1.82, 2.24) is 10.0 Å². The van der Waals surface area contributed by atoms with Crippen LogP contribution in [0.5, 0.6) is 0 Å². The summed E-state index contributed by atoms with van der Waals surface area (Å²) in [4.78, 5) is 0. The van der Waals surface area contributed by atoms with Gasteiger partial charge in [-0.05, 0) is 32.6 Å². The minimum atomic E-state index is -3.30. The summed E-state index contributed by atoms with van der Waals surface area (Å²) in [6.45, 7) is 16.5. The molecule has 0 aromatic heterocycles. The van der Waals surface area contributed by atoms with E-state index >= 15 is 0 Å². The van der Waals surface area contributed by atoms with Gasteiger partial charge in [-0.1, -0.05) is 34.6 Å². The lowest BCUT2D eigenvalue weighted by atomic mass is 9.82. The van der Waals surface area contributed by atoms with E-state index in [1.54, 1.807) is 6.92 Å². The van der Waals surface area contributed by atoms with Crippen molar-refractivity contribution in [3.8, 4) is 0 Å². The SMILES string of the molecule is CC(C)NCC(C)S(=O)(=O)NC(C)(C)CC(C)(C)C. The summed E-state index contributed by atoms with van der Waals surface area (Å²) in [5.74, 6) is 0. The number of hydrogen-bond acceptors (Lipinski definition) is 3. The molecule has 1 atom stereocenters. The fourth-order valence-corrected chi connectivity index (χ4v) is 3.72. The summed E-state index contributed by atoms with van der Waals surface area (Å²) in [5.41, 5.74) is -0.339. The first kappa shape index (κ1) is 18.9. The van der Waals surface area contributed by atoms with Crippen LogP contribution in [-0.2, 0) is 10.0 Å². The van der Waals surface area contributed by atoms with Gasteiger partial charge in [-0.2, -0.15) is 0 Å². The summed E-state index contributed by atoms with van der Waals surface area (Å²) < 4.78 is 27.4. The van der Waals surface area contributed by atoms with Gasteiger partial charge in [0.15, 0.2) is 0 Å². The molecular weight excluding hydrogens is 260 g/mol. The number of rotatable bonds is 7. The van der Waals surface area contributed by atoms with Crippen molar-refractivity contribution in [3.63, 3.8) is 0 Å². The Morgan fingerprint density at radius 1 is 1.00 bits per heavy atom. The molecule has 0 rings (SSSR count). The van der Waals surface area contributed by atoms with Gasteiger partial charge in [0, 0.05) is 18.1 Å². The predicted molar refractivity (Wildman–Crippen MR) is 82.8 cm³/mol. The topological polar surface area (TPSA) is 58.2 Å². The molecule has 0 spiro atoms. The van der Waals surface area contributed by atoms with Gasteiger partial charge in [-0.15, -0.1) is 0 Å². The fourth-order valence-electron chi connectivity index (χ4n) is 2.36. The van der Waals surface area contributed by atoms with Gasteiger partial charge in [-0.25, -0.2) is 13.1 Å². The Morgan fingerprint density at radius 2 is 1.47 bits per heavy atom. The van der Waals surface area contributed by atoms with E-state index in [4.69, 9.17) is 0 Å². The molecule has 0 aromatic carbocycles. The largest absolute Gasteiger partial charge is 0.313 e. The van der Waals surface area contributed by atoms with Crippen LogP contribution >= 0.6 is 0 Å². The van der Waals surface area contributed by atoms with E-state index in [-0.39, 0.29) is 5.41 Å². The molecule has 2 N–H and O–H groups in total. The van der Waals surface area contributed by atoms with E-state index in [9.17, 15) is 8.42 Å². The van der Waals surface area contributed by atoms with E-state index in [0.29, 0.717) is 12.6 Å². The van der Waals surface area contributed by atoms with Gasteiger partial charge in [0.2, 0.25) is 10.0 Å².